The van der Waals surface area contributed by atoms with Crippen LogP contribution in [0, 0.1) is 0 Å². The molecule has 0 aliphatic carbocycles. The Labute approximate surface area is 282 Å². The van der Waals surface area contributed by atoms with Crippen LogP contribution in [0.1, 0.15) is 0 Å². The number of sulfonamides is 2. The molecule has 2 spiro atoms. The summed E-state index contributed by atoms with van der Waals surface area (Å²) in [5.74, 6) is -1.82. The van der Waals surface area contributed by atoms with Crippen LogP contribution in [0.4, 0.5) is 23.3 Å². The average molecular weight is 775 g/mol. The van der Waals surface area contributed by atoms with Crippen molar-refractivity contribution in [1.82, 2.24) is 30.1 Å². The third kappa shape index (κ3) is 4.90. The van der Waals surface area contributed by atoms with Gasteiger partial charge in [0.2, 0.25) is 0 Å². The number of nitrogens with zero attached hydrogens (tertiary/aromatic N) is 6. The van der Waals surface area contributed by atoms with Gasteiger partial charge in [0.1, 0.15) is 0 Å². The summed E-state index contributed by atoms with van der Waals surface area (Å²) in [6, 6.07) is 13.4. The maximum absolute atomic E-state index is 13.0. The molecule has 48 heavy (non-hydrogen) atoms. The number of aromatic nitrogens is 4. The van der Waals surface area contributed by atoms with E-state index in [4.69, 9.17) is 31.5 Å². The van der Waals surface area contributed by atoms with Crippen molar-refractivity contribution in [3.05, 3.63) is 85.5 Å². The van der Waals surface area contributed by atoms with Gasteiger partial charge in [0, 0.05) is 0 Å². The molecule has 2 aromatic carbocycles. The topological polar surface area (TPSA) is 227 Å². The zero-order valence-electron chi connectivity index (χ0n) is 23.9. The van der Waals surface area contributed by atoms with E-state index in [9.17, 15) is 26.4 Å². The summed E-state index contributed by atoms with van der Waals surface area (Å²) >= 11 is 14.9. The van der Waals surface area contributed by atoms with Crippen molar-refractivity contribution in [2.75, 3.05) is 31.4 Å². The van der Waals surface area contributed by atoms with Gasteiger partial charge in [0.25, 0.3) is 0 Å². The van der Waals surface area contributed by atoms with E-state index in [1.54, 1.807) is 0 Å². The Hall–Kier alpha value is -4.00. The van der Waals surface area contributed by atoms with Crippen molar-refractivity contribution in [2.45, 2.75) is 9.79 Å². The Morgan fingerprint density at radius 1 is 0.625 bits per heavy atom. The molecule has 0 atom stereocenters. The van der Waals surface area contributed by atoms with Gasteiger partial charge in [-0.3, -0.25) is 0 Å². The number of hydrogen-bond acceptors (Lipinski definition) is 16. The van der Waals surface area contributed by atoms with Crippen LogP contribution in [0.2, 0.25) is 0 Å². The molecule has 3 saturated heterocycles. The molecule has 2 aromatic heterocycles. The van der Waals surface area contributed by atoms with Crippen molar-refractivity contribution in [3.63, 3.8) is 0 Å². The van der Waals surface area contributed by atoms with Crippen LogP contribution < -0.4 is 28.5 Å². The molecular weight excluding hydrogens is 753 g/mol. The Morgan fingerprint density at radius 3 is 1.25 bits per heavy atom. The first-order chi connectivity index (χ1) is 22.6. The fraction of sp³-hybridized carbons (Fsp3) is 0.0833. The molecule has 252 valence electrons. The molecule has 0 saturated carbocycles. The van der Waals surface area contributed by atoms with Gasteiger partial charge in [0.15, 0.2) is 0 Å². The number of nitrogens with one attached hydrogen (secondary N) is 4. The minimum atomic E-state index is -4.94. The summed E-state index contributed by atoms with van der Waals surface area (Å²) in [6.07, 6.45) is 5.47. The van der Waals surface area contributed by atoms with Gasteiger partial charge in [-0.15, -0.1) is 0 Å². The average Bonchev–Trinajstić information content (AvgIpc) is 3.54. The minimum absolute atomic E-state index is 0.122. The summed E-state index contributed by atoms with van der Waals surface area (Å²) in [4.78, 5) is 40.6. The number of rotatable bonds is 8. The summed E-state index contributed by atoms with van der Waals surface area (Å²) in [5.41, 5.74) is 0.245. The Morgan fingerprint density at radius 2 is 0.958 bits per heavy atom. The monoisotopic (exact) mass is 774 g/mol. The Bertz CT molecular complexity index is 2030. The normalized spacial score (nSPS) is 22.0. The molecule has 18 nitrogen and oxygen atoms in total. The third-order valence-electron chi connectivity index (χ3n) is 7.16. The van der Waals surface area contributed by atoms with Crippen molar-refractivity contribution < 1.29 is 35.5 Å². The summed E-state index contributed by atoms with van der Waals surface area (Å²) in [5, 5.41) is 5.88. The fourth-order valence-corrected chi connectivity index (χ4v) is 25.3. The number of carbonyl (C=O) groups excluding carboxylic acids is 2. The van der Waals surface area contributed by atoms with Crippen LogP contribution in [0.5, 0.6) is 0 Å². The molecule has 0 radical (unpaired) electrons. The van der Waals surface area contributed by atoms with Gasteiger partial charge < -0.3 is 0 Å². The van der Waals surface area contributed by atoms with E-state index in [1.807, 2.05) is 0 Å². The van der Waals surface area contributed by atoms with E-state index in [0.29, 0.717) is 0 Å². The van der Waals surface area contributed by atoms with Crippen molar-refractivity contribution in [3.8, 4) is 0 Å². The van der Waals surface area contributed by atoms with Crippen LogP contribution in [-0.4, -0.2) is 61.8 Å². The SMILES string of the molecule is O=C1CNP2(Cl)(O1)N(c1ccc(S(=O)(=O)Nc3ncccn3)cc1)P1(Cl)(NCC(=O)O1)N2c1ccc(S(=O)(=O)Nc2ncccn2)cc1. The van der Waals surface area contributed by atoms with Crippen LogP contribution in [0.25, 0.3) is 0 Å². The second-order valence-corrected chi connectivity index (χ2v) is 23.9. The first-order valence-corrected chi connectivity index (χ1v) is 22.4. The fourth-order valence-electron chi connectivity index (χ4n) is 5.35. The maximum atomic E-state index is 13.0. The number of halogens is 2. The van der Waals surface area contributed by atoms with Crippen LogP contribution in [-0.2, 0) is 38.7 Å². The van der Waals surface area contributed by atoms with Crippen molar-refractivity contribution in [2.24, 2.45) is 0 Å². The van der Waals surface area contributed by atoms with Crippen molar-refractivity contribution >= 4 is 91.0 Å². The molecule has 0 bridgehead atoms. The Balaban J connectivity index is 1.29. The van der Waals surface area contributed by atoms with E-state index in [2.05, 4.69) is 39.6 Å². The number of hydrogen-bond donors (Lipinski definition) is 4. The van der Waals surface area contributed by atoms with Gasteiger partial charge in [0.05, 0.1) is 0 Å². The molecule has 3 aliphatic heterocycles. The van der Waals surface area contributed by atoms with Gasteiger partial charge in [-0.2, -0.15) is 0 Å². The molecule has 7 rings (SSSR count). The standard InChI is InChI=1S/C24H22Cl2N10O8P2S2/c25-45(31-15-21(37)43-45)35(17-3-7-19(8-4-17)47(39,40)33-23-27-11-1-12-28-23)46(26,32-16-22(38)44-46)36(45)18-5-9-20(10-6-18)48(41,42)34-24-29-13-2-14-30-24/h1-14,31-32H,15-16H2,(H,27,28,33)(H,29,30,34). The molecule has 0 amide bonds. The van der Waals surface area contributed by atoms with Crippen LogP contribution >= 0.6 is 35.8 Å². The van der Waals surface area contributed by atoms with Gasteiger partial charge in [-0.1, -0.05) is 0 Å². The van der Waals surface area contributed by atoms with Crippen molar-refractivity contribution in [1.29, 1.82) is 0 Å². The van der Waals surface area contributed by atoms with Gasteiger partial charge >= 0.3 is 283 Å². The van der Waals surface area contributed by atoms with E-state index in [-0.39, 0.29) is 46.2 Å². The Kier molecular flexibility index (Phi) is 7.29. The van der Waals surface area contributed by atoms with E-state index < -0.39 is 45.3 Å². The van der Waals surface area contributed by atoms with Gasteiger partial charge in [-0.05, 0) is 0 Å². The molecular formula is C24H22Cl2N10O8P2S2. The second kappa shape index (κ2) is 10.8. The van der Waals surface area contributed by atoms with Gasteiger partial charge in [-0.25, -0.2) is 0 Å². The first kappa shape index (κ1) is 32.5. The zero-order valence-corrected chi connectivity index (χ0v) is 28.8. The number of anilines is 4. The predicted octanol–water partition coefficient (Wildman–Crippen LogP) is 3.22. The van der Waals surface area contributed by atoms with E-state index in [1.165, 1.54) is 94.3 Å². The molecule has 3 fully saturated rings. The van der Waals surface area contributed by atoms with E-state index >= 15 is 0 Å². The zero-order chi connectivity index (χ0) is 34.1. The van der Waals surface area contributed by atoms with E-state index in [0.717, 1.165) is 0 Å². The molecule has 4 aromatic rings. The van der Waals surface area contributed by atoms with Crippen LogP contribution in [0.15, 0.2) is 95.2 Å². The number of carbonyl (C=O) groups is 2. The first-order valence-electron chi connectivity index (χ1n) is 13.5. The number of benzene rings is 2. The molecule has 5 heterocycles. The molecule has 4 N–H and O–H groups in total. The third-order valence-corrected chi connectivity index (χ3v) is 24.0. The summed E-state index contributed by atoms with van der Waals surface area (Å²) in [6.45, 7) is -10.6. The molecule has 24 heteroatoms. The predicted molar refractivity (Wildman–Crippen MR) is 177 cm³/mol. The molecule has 3 aliphatic rings. The summed E-state index contributed by atoms with van der Waals surface area (Å²) in [7, 11) is -8.30. The quantitative estimate of drug-likeness (QED) is 0.189. The summed E-state index contributed by atoms with van der Waals surface area (Å²) < 4.78 is 71.0. The van der Waals surface area contributed by atoms with Crippen LogP contribution in [0.3, 0.4) is 0 Å². The molecule has 0 unspecified atom stereocenters. The second-order valence-electron chi connectivity index (χ2n) is 10.2.